The van der Waals surface area contributed by atoms with Gasteiger partial charge in [-0.1, -0.05) is 43.7 Å². The molecule has 1 aromatic carbocycles. The minimum absolute atomic E-state index is 0.330. The van der Waals surface area contributed by atoms with Gasteiger partial charge in [-0.3, -0.25) is 0 Å². The van der Waals surface area contributed by atoms with Crippen molar-refractivity contribution in [1.29, 1.82) is 0 Å². The van der Waals surface area contributed by atoms with E-state index in [1.165, 1.54) is 5.46 Å². The molecule has 1 aliphatic rings. The van der Waals surface area contributed by atoms with E-state index in [0.717, 1.165) is 17.0 Å². The van der Waals surface area contributed by atoms with E-state index in [4.69, 9.17) is 17.0 Å². The van der Waals surface area contributed by atoms with E-state index in [-0.39, 0.29) is 0 Å². The highest BCUT2D eigenvalue weighted by molar-refractivity contribution is 7.84. The third kappa shape index (κ3) is 1.05. The molecule has 0 atom stereocenters. The van der Waals surface area contributed by atoms with Crippen LogP contribution in [0.25, 0.3) is 0 Å². The molecule has 1 aliphatic heterocycles. The molecule has 0 saturated carbocycles. The van der Waals surface area contributed by atoms with Gasteiger partial charge in [0.15, 0.2) is 0 Å². The Morgan fingerprint density at radius 1 is 1.42 bits per heavy atom. The van der Waals surface area contributed by atoms with E-state index >= 15 is 0 Å². The van der Waals surface area contributed by atoms with E-state index in [0.29, 0.717) is 6.71 Å². The summed E-state index contributed by atoms with van der Waals surface area (Å²) in [5.41, 5.74) is 1.24. The second-order valence-electron chi connectivity index (χ2n) is 2.92. The lowest BCUT2D eigenvalue weighted by Gasteiger charge is -1.97. The highest BCUT2D eigenvalue weighted by Crippen LogP contribution is 2.18. The molecule has 1 heterocycles. The average molecular weight is 176 g/mol. The van der Waals surface area contributed by atoms with Crippen LogP contribution in [0, 0.1) is 0 Å². The monoisotopic (exact) mass is 176 g/mol. The zero-order valence-corrected chi connectivity index (χ0v) is 7.73. The van der Waals surface area contributed by atoms with Crippen LogP contribution >= 0.6 is 12.2 Å². The summed E-state index contributed by atoms with van der Waals surface area (Å²) in [6, 6.07) is 8.05. The zero-order chi connectivity index (χ0) is 8.55. The van der Waals surface area contributed by atoms with Crippen LogP contribution in [0.3, 0.4) is 0 Å². The molecule has 1 nitrogen and oxygen atoms in total. The smallest absolute Gasteiger partial charge is 0.274 e. The second-order valence-corrected chi connectivity index (χ2v) is 3.32. The molecule has 0 radical (unpaired) electrons. The Morgan fingerprint density at radius 3 is 2.92 bits per heavy atom. The SMILES string of the molecule is CCB1C(=S)Oc2ccccc21. The molecule has 0 amide bonds. The summed E-state index contributed by atoms with van der Waals surface area (Å²) in [6.07, 6.45) is 1.02. The zero-order valence-electron chi connectivity index (χ0n) is 6.91. The van der Waals surface area contributed by atoms with Crippen LogP contribution in [0.5, 0.6) is 5.75 Å². The van der Waals surface area contributed by atoms with Crippen molar-refractivity contribution in [2.45, 2.75) is 13.2 Å². The summed E-state index contributed by atoms with van der Waals surface area (Å²) in [4.78, 5) is 0.721. The number of fused-ring (bicyclic) bond motifs is 1. The number of hydrogen-bond acceptors (Lipinski definition) is 2. The van der Waals surface area contributed by atoms with Gasteiger partial charge in [0.2, 0.25) is 0 Å². The Bertz CT molecular complexity index is 324. The van der Waals surface area contributed by atoms with Crippen molar-refractivity contribution in [1.82, 2.24) is 0 Å². The minimum Gasteiger partial charge on any atom is -0.461 e. The van der Waals surface area contributed by atoms with Gasteiger partial charge >= 0.3 is 0 Å². The van der Waals surface area contributed by atoms with E-state index in [2.05, 4.69) is 13.0 Å². The highest BCUT2D eigenvalue weighted by atomic mass is 32.1. The highest BCUT2D eigenvalue weighted by Gasteiger charge is 2.31. The van der Waals surface area contributed by atoms with E-state index in [1.54, 1.807) is 0 Å². The number of para-hydroxylation sites is 1. The maximum atomic E-state index is 5.44. The molecule has 0 aromatic heterocycles. The molecule has 0 N–H and O–H groups in total. The molecule has 0 fully saturated rings. The van der Waals surface area contributed by atoms with Crippen molar-refractivity contribution in [3.8, 4) is 5.75 Å². The van der Waals surface area contributed by atoms with Gasteiger partial charge in [-0.05, 0) is 11.5 Å². The number of ether oxygens (including phenoxy) is 1. The summed E-state index contributed by atoms with van der Waals surface area (Å²) in [6.45, 7) is 2.46. The van der Waals surface area contributed by atoms with Gasteiger partial charge in [0, 0.05) is 0 Å². The quantitative estimate of drug-likeness (QED) is 0.475. The normalized spacial score (nSPS) is 14.4. The third-order valence-corrected chi connectivity index (χ3v) is 2.57. The third-order valence-electron chi connectivity index (χ3n) is 2.20. The molecule has 0 bridgehead atoms. The molecule has 0 aliphatic carbocycles. The van der Waals surface area contributed by atoms with Crippen LogP contribution in [0.1, 0.15) is 6.92 Å². The number of benzene rings is 1. The van der Waals surface area contributed by atoms with Crippen molar-refractivity contribution < 1.29 is 4.74 Å². The Kier molecular flexibility index (Phi) is 1.89. The molecule has 0 unspecified atom stereocenters. The first-order valence-electron chi connectivity index (χ1n) is 4.13. The summed E-state index contributed by atoms with van der Waals surface area (Å²) in [7, 11) is 0. The Balaban J connectivity index is 2.47. The molecule has 60 valence electrons. The first-order valence-corrected chi connectivity index (χ1v) is 4.54. The average Bonchev–Trinajstić information content (AvgIpc) is 2.40. The Hall–Kier alpha value is -0.825. The number of thiocarbonyl (C=S) groups is 1. The Labute approximate surface area is 77.8 Å². The van der Waals surface area contributed by atoms with Crippen molar-refractivity contribution in [3.05, 3.63) is 24.3 Å². The van der Waals surface area contributed by atoms with Crippen LogP contribution in [-0.4, -0.2) is 11.7 Å². The topological polar surface area (TPSA) is 9.23 Å². The molecule has 0 spiro atoms. The fourth-order valence-electron chi connectivity index (χ4n) is 1.55. The molecule has 12 heavy (non-hydrogen) atoms. The van der Waals surface area contributed by atoms with Gasteiger partial charge < -0.3 is 4.74 Å². The van der Waals surface area contributed by atoms with E-state index in [1.807, 2.05) is 18.2 Å². The number of rotatable bonds is 1. The lowest BCUT2D eigenvalue weighted by molar-refractivity contribution is 0.589. The van der Waals surface area contributed by atoms with E-state index in [9.17, 15) is 0 Å². The summed E-state index contributed by atoms with van der Waals surface area (Å²) in [5, 5.41) is 0. The first-order chi connectivity index (χ1) is 5.83. The fourth-order valence-corrected chi connectivity index (χ4v) is 1.94. The van der Waals surface area contributed by atoms with Crippen molar-refractivity contribution in [3.63, 3.8) is 0 Å². The van der Waals surface area contributed by atoms with Crippen LogP contribution in [0.15, 0.2) is 24.3 Å². The Morgan fingerprint density at radius 2 is 2.17 bits per heavy atom. The predicted molar refractivity (Wildman–Crippen MR) is 55.5 cm³/mol. The van der Waals surface area contributed by atoms with Gasteiger partial charge in [-0.2, -0.15) is 0 Å². The van der Waals surface area contributed by atoms with Crippen LogP contribution in [0.4, 0.5) is 0 Å². The standard InChI is InChI=1S/C9H9BOS/c1-2-10-7-5-3-4-6-8(7)11-9(10)12/h3-6H,2H2,1H3. The van der Waals surface area contributed by atoms with Gasteiger partial charge in [-0.25, -0.2) is 0 Å². The van der Waals surface area contributed by atoms with Gasteiger partial charge in [0.05, 0.1) is 0 Å². The van der Waals surface area contributed by atoms with Crippen LogP contribution in [-0.2, 0) is 0 Å². The van der Waals surface area contributed by atoms with Crippen LogP contribution in [0.2, 0.25) is 6.32 Å². The lowest BCUT2D eigenvalue weighted by atomic mass is 9.45. The van der Waals surface area contributed by atoms with Gasteiger partial charge in [-0.15, -0.1) is 0 Å². The molecule has 2 rings (SSSR count). The van der Waals surface area contributed by atoms with Crippen molar-refractivity contribution >= 4 is 29.3 Å². The van der Waals surface area contributed by atoms with Crippen molar-refractivity contribution in [2.75, 3.05) is 0 Å². The predicted octanol–water partition coefficient (Wildman–Crippen LogP) is 1.67. The minimum atomic E-state index is 0.330. The van der Waals surface area contributed by atoms with Gasteiger partial charge in [0.1, 0.15) is 10.7 Å². The van der Waals surface area contributed by atoms with Crippen molar-refractivity contribution in [2.24, 2.45) is 0 Å². The molecule has 3 heteroatoms. The molecular formula is C9H9BOS. The molecule has 1 aromatic rings. The van der Waals surface area contributed by atoms with Crippen LogP contribution < -0.4 is 10.2 Å². The summed E-state index contributed by atoms with van der Waals surface area (Å²) < 4.78 is 5.44. The molecule has 0 saturated heterocycles. The van der Waals surface area contributed by atoms with Gasteiger partial charge in [0.25, 0.3) is 6.71 Å². The maximum Gasteiger partial charge on any atom is 0.274 e. The largest absolute Gasteiger partial charge is 0.461 e. The maximum absolute atomic E-state index is 5.44. The second kappa shape index (κ2) is 2.90. The van der Waals surface area contributed by atoms with E-state index < -0.39 is 0 Å². The lowest BCUT2D eigenvalue weighted by Crippen LogP contribution is -2.31. The summed E-state index contributed by atoms with van der Waals surface area (Å²) in [5.74, 6) is 0.939. The molecular weight excluding hydrogens is 167 g/mol. The fraction of sp³-hybridized carbons (Fsp3) is 0.222. The first kappa shape index (κ1) is 7.81. The number of hydrogen-bond donors (Lipinski definition) is 0. The summed E-state index contributed by atoms with van der Waals surface area (Å²) >= 11 is 5.12.